The first kappa shape index (κ1) is 29.4. The smallest absolute Gasteiger partial charge is 0.345 e. The molecule has 6 aromatic rings. The number of halogens is 4. The first-order valence-corrected chi connectivity index (χ1v) is 15.2. The normalized spacial score (nSPS) is 16.6. The van der Waals surface area contributed by atoms with Crippen LogP contribution in [0.2, 0.25) is 0 Å². The molecule has 0 saturated carbocycles. The zero-order valence-corrected chi connectivity index (χ0v) is 25.3. The molecule has 0 fully saturated rings. The Kier molecular flexibility index (Phi) is 7.54. The maximum absolute atomic E-state index is 16.0. The van der Waals surface area contributed by atoms with Crippen molar-refractivity contribution in [3.63, 3.8) is 0 Å². The second-order valence-corrected chi connectivity index (χ2v) is 12.0. The van der Waals surface area contributed by atoms with E-state index in [2.05, 4.69) is 22.0 Å². The van der Waals surface area contributed by atoms with E-state index in [1.165, 1.54) is 11.3 Å². The summed E-state index contributed by atoms with van der Waals surface area (Å²) in [6, 6.07) is 11.7. The molecule has 1 aliphatic heterocycles. The van der Waals surface area contributed by atoms with Crippen molar-refractivity contribution in [1.29, 1.82) is 0 Å². The van der Waals surface area contributed by atoms with Crippen molar-refractivity contribution in [3.8, 4) is 39.5 Å². The SMILES string of the molecule is CC1Cn2nc(-c3nc(-c4ccc5c(c4)ncn5C)c4ccsc4c3-c3c(F)cc(F)cc3OCCOC(F)F)cc2C(C)N1. The average Bonchev–Trinajstić information content (AvgIpc) is 3.73. The van der Waals surface area contributed by atoms with Gasteiger partial charge < -0.3 is 19.4 Å². The Morgan fingerprint density at radius 3 is 2.71 bits per heavy atom. The van der Waals surface area contributed by atoms with Gasteiger partial charge >= 0.3 is 6.61 Å². The number of aryl methyl sites for hydroxylation is 1. The van der Waals surface area contributed by atoms with Crippen LogP contribution < -0.4 is 10.1 Å². The van der Waals surface area contributed by atoms with Crippen LogP contribution in [0.5, 0.6) is 5.75 Å². The highest BCUT2D eigenvalue weighted by Crippen LogP contribution is 2.47. The van der Waals surface area contributed by atoms with Crippen molar-refractivity contribution < 1.29 is 27.0 Å². The summed E-state index contributed by atoms with van der Waals surface area (Å²) in [5, 5.41) is 11.1. The molecule has 0 amide bonds. The van der Waals surface area contributed by atoms with Gasteiger partial charge in [0.05, 0.1) is 47.5 Å². The third-order valence-electron chi connectivity index (χ3n) is 7.94. The van der Waals surface area contributed by atoms with Crippen molar-refractivity contribution in [2.75, 3.05) is 13.2 Å². The van der Waals surface area contributed by atoms with Crippen LogP contribution in [-0.2, 0) is 18.3 Å². The topological polar surface area (TPSA) is 79.0 Å². The van der Waals surface area contributed by atoms with Crippen LogP contribution in [0.4, 0.5) is 17.6 Å². The maximum atomic E-state index is 16.0. The highest BCUT2D eigenvalue weighted by atomic mass is 32.1. The zero-order chi connectivity index (χ0) is 31.4. The van der Waals surface area contributed by atoms with E-state index in [1.807, 2.05) is 58.9 Å². The minimum absolute atomic E-state index is 0.00578. The minimum Gasteiger partial charge on any atom is -0.490 e. The Balaban J connectivity index is 1.48. The van der Waals surface area contributed by atoms with Gasteiger partial charge in [0.15, 0.2) is 0 Å². The highest BCUT2D eigenvalue weighted by molar-refractivity contribution is 7.18. The summed E-state index contributed by atoms with van der Waals surface area (Å²) in [6.45, 7) is 0.929. The average molecular weight is 637 g/mol. The Morgan fingerprint density at radius 1 is 1.04 bits per heavy atom. The fourth-order valence-corrected chi connectivity index (χ4v) is 6.96. The molecule has 0 bridgehead atoms. The summed E-state index contributed by atoms with van der Waals surface area (Å²) in [5.74, 6) is -1.91. The largest absolute Gasteiger partial charge is 0.490 e. The summed E-state index contributed by atoms with van der Waals surface area (Å²) in [5.41, 5.74) is 5.37. The lowest BCUT2D eigenvalue weighted by atomic mass is 9.96. The van der Waals surface area contributed by atoms with Crippen molar-refractivity contribution in [1.82, 2.24) is 29.6 Å². The van der Waals surface area contributed by atoms with Crippen molar-refractivity contribution in [2.24, 2.45) is 7.05 Å². The molecule has 45 heavy (non-hydrogen) atoms. The maximum Gasteiger partial charge on any atom is 0.345 e. The van der Waals surface area contributed by atoms with Crippen LogP contribution in [0.3, 0.4) is 0 Å². The van der Waals surface area contributed by atoms with Gasteiger partial charge in [0.25, 0.3) is 0 Å². The Bertz CT molecular complexity index is 2050. The summed E-state index contributed by atoms with van der Waals surface area (Å²) in [6.07, 6.45) is 1.74. The summed E-state index contributed by atoms with van der Waals surface area (Å²) in [7, 11) is 1.92. The lowest BCUT2D eigenvalue weighted by molar-refractivity contribution is -0.133. The third kappa shape index (κ3) is 5.34. The number of benzene rings is 2. The molecular weight excluding hydrogens is 608 g/mol. The first-order valence-electron chi connectivity index (χ1n) is 14.4. The second-order valence-electron chi connectivity index (χ2n) is 11.1. The zero-order valence-electron chi connectivity index (χ0n) is 24.5. The fourth-order valence-electron chi connectivity index (χ4n) is 6.01. The predicted octanol–water partition coefficient (Wildman–Crippen LogP) is 7.33. The number of thiophene rings is 1. The van der Waals surface area contributed by atoms with Gasteiger partial charge in [0.1, 0.15) is 35.4 Å². The molecular formula is C32H28F4N6O2S. The number of aromatic nitrogens is 5. The van der Waals surface area contributed by atoms with E-state index in [-0.39, 0.29) is 30.0 Å². The lowest BCUT2D eigenvalue weighted by Crippen LogP contribution is -2.39. The predicted molar refractivity (Wildman–Crippen MR) is 164 cm³/mol. The Morgan fingerprint density at radius 2 is 1.89 bits per heavy atom. The van der Waals surface area contributed by atoms with Crippen molar-refractivity contribution in [2.45, 2.75) is 39.1 Å². The number of alkyl halides is 2. The van der Waals surface area contributed by atoms with Crippen molar-refractivity contribution in [3.05, 3.63) is 71.5 Å². The molecule has 13 heteroatoms. The minimum atomic E-state index is -3.00. The molecule has 1 N–H and O–H groups in total. The first-order chi connectivity index (χ1) is 21.7. The van der Waals surface area contributed by atoms with E-state index >= 15 is 4.39 Å². The van der Waals surface area contributed by atoms with Gasteiger partial charge in [-0.15, -0.1) is 11.3 Å². The van der Waals surface area contributed by atoms with E-state index in [4.69, 9.17) is 14.8 Å². The molecule has 1 aliphatic rings. The second kappa shape index (κ2) is 11.5. The van der Waals surface area contributed by atoms with E-state index in [0.29, 0.717) is 33.9 Å². The monoisotopic (exact) mass is 636 g/mol. The number of ether oxygens (including phenoxy) is 2. The molecule has 0 aliphatic carbocycles. The fraction of sp³-hybridized carbons (Fsp3) is 0.281. The number of fused-ring (bicyclic) bond motifs is 3. The molecule has 4 aromatic heterocycles. The molecule has 0 saturated heterocycles. The molecule has 8 nitrogen and oxygen atoms in total. The van der Waals surface area contributed by atoms with Crippen LogP contribution >= 0.6 is 11.3 Å². The third-order valence-corrected chi connectivity index (χ3v) is 8.87. The Labute approximate surface area is 259 Å². The number of nitrogens with one attached hydrogen (secondary N) is 1. The molecule has 232 valence electrons. The van der Waals surface area contributed by atoms with E-state index in [0.717, 1.165) is 39.8 Å². The number of hydrogen-bond acceptors (Lipinski definition) is 7. The van der Waals surface area contributed by atoms with Crippen molar-refractivity contribution >= 4 is 32.5 Å². The van der Waals surface area contributed by atoms with E-state index in [1.54, 1.807) is 6.33 Å². The highest BCUT2D eigenvalue weighted by Gasteiger charge is 2.29. The molecule has 0 radical (unpaired) electrons. The van der Waals surface area contributed by atoms with Crippen LogP contribution in [0.25, 0.3) is 54.9 Å². The lowest BCUT2D eigenvalue weighted by Gasteiger charge is -2.27. The summed E-state index contributed by atoms with van der Waals surface area (Å²) >= 11 is 1.38. The van der Waals surface area contributed by atoms with E-state index < -0.39 is 24.9 Å². The number of nitrogens with zero attached hydrogens (tertiary/aromatic N) is 5. The van der Waals surface area contributed by atoms with Crippen LogP contribution in [0, 0.1) is 11.6 Å². The van der Waals surface area contributed by atoms with Gasteiger partial charge in [0, 0.05) is 52.5 Å². The van der Waals surface area contributed by atoms with Gasteiger partial charge in [-0.3, -0.25) is 4.68 Å². The number of pyridine rings is 1. The quantitative estimate of drug-likeness (QED) is 0.139. The molecule has 7 rings (SSSR count). The molecule has 2 unspecified atom stereocenters. The van der Waals surface area contributed by atoms with Crippen LogP contribution in [0.1, 0.15) is 25.6 Å². The van der Waals surface area contributed by atoms with Gasteiger partial charge in [-0.2, -0.15) is 13.9 Å². The van der Waals surface area contributed by atoms with Gasteiger partial charge in [-0.05, 0) is 43.5 Å². The molecule has 0 spiro atoms. The van der Waals surface area contributed by atoms with Gasteiger partial charge in [-0.25, -0.2) is 18.7 Å². The van der Waals surface area contributed by atoms with Gasteiger partial charge in [0.2, 0.25) is 0 Å². The van der Waals surface area contributed by atoms with Gasteiger partial charge in [-0.1, -0.05) is 6.07 Å². The standard InChI is InChI=1S/C32H28F4N6O2S/c1-16-14-42-25(17(2)38-16)13-23(40-42)30-28(27-21(34)11-19(33)12-26(27)43-7-8-44-32(35)36)31-20(6-9-45-31)29(39-30)18-4-5-24-22(10-18)37-15-41(24)3/h4-6,9-13,15-17,32,38H,7-8,14H2,1-3H3. The summed E-state index contributed by atoms with van der Waals surface area (Å²) < 4.78 is 70.3. The van der Waals surface area contributed by atoms with Crippen LogP contribution in [0.15, 0.2) is 54.2 Å². The molecule has 2 aromatic carbocycles. The molecule has 5 heterocycles. The van der Waals surface area contributed by atoms with Crippen LogP contribution in [-0.4, -0.2) is 50.2 Å². The van der Waals surface area contributed by atoms with E-state index in [9.17, 15) is 13.2 Å². The summed E-state index contributed by atoms with van der Waals surface area (Å²) in [4.78, 5) is 9.66. The molecule has 2 atom stereocenters. The number of hydrogen-bond donors (Lipinski definition) is 1. The number of imidazole rings is 1. The number of rotatable bonds is 8. The Hall–Kier alpha value is -4.33.